The van der Waals surface area contributed by atoms with Gasteiger partial charge in [-0.05, 0) is 73.4 Å². The van der Waals surface area contributed by atoms with E-state index in [0.29, 0.717) is 40.8 Å². The molecule has 0 radical (unpaired) electrons. The number of H-pyrrole nitrogens is 1. The molecule has 7 rings (SSSR count). The summed E-state index contributed by atoms with van der Waals surface area (Å²) in [5.41, 5.74) is 6.46. The Morgan fingerprint density at radius 2 is 2.08 bits per heavy atom. The lowest BCUT2D eigenvalue weighted by molar-refractivity contribution is -0.0591. The van der Waals surface area contributed by atoms with E-state index in [-0.39, 0.29) is 18.5 Å². The average molecular weight is 698 g/mol. The predicted octanol–water partition coefficient (Wildman–Crippen LogP) is 8.08. The molecule has 0 unspecified atom stereocenters. The van der Waals surface area contributed by atoms with Crippen molar-refractivity contribution in [1.82, 2.24) is 24.6 Å². The maximum atomic E-state index is 14.5. The normalized spacial score (nSPS) is 17.2. The van der Waals surface area contributed by atoms with Crippen molar-refractivity contribution in [3.05, 3.63) is 124 Å². The number of benzene rings is 3. The number of anilines is 1. The van der Waals surface area contributed by atoms with E-state index in [1.807, 2.05) is 19.1 Å². The third-order valence-corrected chi connectivity index (χ3v) is 9.36. The van der Waals surface area contributed by atoms with Crippen LogP contribution in [-0.2, 0) is 35.7 Å². The molecule has 2 aliphatic heterocycles. The third-order valence-electron chi connectivity index (χ3n) is 9.13. The number of imidazole rings is 1. The molecular weight excluding hydrogens is 660 g/mol. The van der Waals surface area contributed by atoms with Crippen molar-refractivity contribution in [2.75, 3.05) is 25.0 Å². The fourth-order valence-electron chi connectivity index (χ4n) is 6.26. The van der Waals surface area contributed by atoms with Gasteiger partial charge < -0.3 is 19.4 Å². The molecule has 0 bridgehead atoms. The second-order valence-electron chi connectivity index (χ2n) is 12.5. The summed E-state index contributed by atoms with van der Waals surface area (Å²) in [5.74, 6) is 0.551. The van der Waals surface area contributed by atoms with Crippen LogP contribution < -0.4 is 5.32 Å². The molecule has 0 saturated carbocycles. The highest BCUT2D eigenvalue weighted by molar-refractivity contribution is 6.30. The largest absolute Gasteiger partial charge is 0.473 e. The fraction of sp³-hybridized carbons (Fsp3) is 0.289. The zero-order chi connectivity index (χ0) is 34.6. The van der Waals surface area contributed by atoms with Crippen LogP contribution in [0.4, 0.5) is 14.5 Å². The standard InChI is InChI=1S/C38H38ClF2N7O2/c1-3-33(45-37(4-2)50-23-26-6-7-28(39)17-31(26)40)25-9-12-47(13-10-25)22-36-44-34-8-5-24(15-35(34)48(36)21-30-11-14-49-30)19-42-29-16-27-20-43-46-38(27)32(41)18-29/h3-9,15-18,20,30,42H,2,10-14,19,21-23H2,1H3,(H,43,46)/b33-3-,45-37?/t30-/m0/s1. The minimum Gasteiger partial charge on any atom is -0.473 e. The van der Waals surface area contributed by atoms with Gasteiger partial charge in [-0.3, -0.25) is 10.00 Å². The van der Waals surface area contributed by atoms with Gasteiger partial charge in [-0.1, -0.05) is 42.5 Å². The Hall–Kier alpha value is -4.84. The molecule has 2 aliphatic rings. The molecular formula is C38H38ClF2N7O2. The fourth-order valence-corrected chi connectivity index (χ4v) is 6.42. The minimum atomic E-state index is -0.425. The lowest BCUT2D eigenvalue weighted by Gasteiger charge is -2.29. The Morgan fingerprint density at radius 1 is 1.20 bits per heavy atom. The van der Waals surface area contributed by atoms with Gasteiger partial charge in [-0.15, -0.1) is 0 Å². The van der Waals surface area contributed by atoms with Gasteiger partial charge in [0.15, 0.2) is 5.82 Å². The Bertz CT molecular complexity index is 2130. The molecule has 4 heterocycles. The van der Waals surface area contributed by atoms with Crippen LogP contribution in [0.25, 0.3) is 21.9 Å². The lowest BCUT2D eigenvalue weighted by Crippen LogP contribution is -2.34. The maximum Gasteiger partial charge on any atom is 0.213 e. The zero-order valence-corrected chi connectivity index (χ0v) is 28.5. The quantitative estimate of drug-likeness (QED) is 0.101. The molecule has 2 N–H and O–H groups in total. The molecule has 2 aromatic heterocycles. The predicted molar refractivity (Wildman–Crippen MR) is 193 cm³/mol. The molecule has 3 aromatic carbocycles. The van der Waals surface area contributed by atoms with Crippen molar-refractivity contribution in [3.63, 3.8) is 0 Å². The number of hydrogen-bond donors (Lipinski definition) is 2. The van der Waals surface area contributed by atoms with Crippen molar-refractivity contribution < 1.29 is 18.3 Å². The van der Waals surface area contributed by atoms with Crippen LogP contribution in [0.1, 0.15) is 36.7 Å². The summed E-state index contributed by atoms with van der Waals surface area (Å²) in [6.07, 6.45) is 9.28. The molecule has 9 nitrogen and oxygen atoms in total. The van der Waals surface area contributed by atoms with Crippen LogP contribution in [0.5, 0.6) is 0 Å². The highest BCUT2D eigenvalue weighted by atomic mass is 35.5. The SMILES string of the molecule is C=CC(=N/C(=C\C)C1=CCN(Cc2nc3ccc(CNc4cc(F)c5[nH]ncc5c4)cc3n2C[C@@H]2CCO2)CC1)OCc1ccc(Cl)cc1F. The number of aromatic nitrogens is 4. The third kappa shape index (κ3) is 7.50. The Labute approximate surface area is 293 Å². The van der Waals surface area contributed by atoms with Gasteiger partial charge in [0.05, 0.1) is 42.1 Å². The smallest absolute Gasteiger partial charge is 0.213 e. The number of nitrogens with one attached hydrogen (secondary N) is 2. The topological polar surface area (TPSA) is 92.6 Å². The summed E-state index contributed by atoms with van der Waals surface area (Å²) < 4.78 is 42.7. The first-order valence-electron chi connectivity index (χ1n) is 16.7. The summed E-state index contributed by atoms with van der Waals surface area (Å²) in [6, 6.07) is 14.1. The first-order valence-corrected chi connectivity index (χ1v) is 17.1. The van der Waals surface area contributed by atoms with E-state index in [9.17, 15) is 8.78 Å². The van der Waals surface area contributed by atoms with Crippen molar-refractivity contribution in [2.45, 2.75) is 52.1 Å². The highest BCUT2D eigenvalue weighted by Crippen LogP contribution is 2.27. The number of hydrogen-bond acceptors (Lipinski definition) is 7. The van der Waals surface area contributed by atoms with Crippen LogP contribution in [0.3, 0.4) is 0 Å². The number of allylic oxidation sites excluding steroid dienone is 2. The monoisotopic (exact) mass is 697 g/mol. The van der Waals surface area contributed by atoms with E-state index in [1.54, 1.807) is 18.3 Å². The van der Waals surface area contributed by atoms with Crippen LogP contribution in [0.2, 0.25) is 5.02 Å². The molecule has 50 heavy (non-hydrogen) atoms. The molecule has 258 valence electrons. The van der Waals surface area contributed by atoms with Crippen LogP contribution in [0, 0.1) is 11.6 Å². The number of ether oxygens (including phenoxy) is 2. The average Bonchev–Trinajstić information content (AvgIpc) is 3.71. The molecule has 0 spiro atoms. The molecule has 5 aromatic rings. The number of halogens is 3. The van der Waals surface area contributed by atoms with Gasteiger partial charge in [0.25, 0.3) is 0 Å². The first kappa shape index (κ1) is 33.6. The highest BCUT2D eigenvalue weighted by Gasteiger charge is 2.24. The van der Waals surface area contributed by atoms with Crippen LogP contribution >= 0.6 is 11.6 Å². The lowest BCUT2D eigenvalue weighted by atomic mass is 10.0. The molecule has 1 saturated heterocycles. The number of rotatable bonds is 12. The Morgan fingerprint density at radius 3 is 2.82 bits per heavy atom. The van der Waals surface area contributed by atoms with E-state index in [2.05, 4.69) is 55.8 Å². The van der Waals surface area contributed by atoms with Crippen molar-refractivity contribution in [1.29, 1.82) is 0 Å². The molecule has 12 heteroatoms. The molecule has 1 atom stereocenters. The number of nitrogens with zero attached hydrogens (tertiary/aromatic N) is 5. The van der Waals surface area contributed by atoms with Crippen molar-refractivity contribution in [3.8, 4) is 0 Å². The van der Waals surface area contributed by atoms with Gasteiger partial charge in [0.1, 0.15) is 23.8 Å². The second-order valence-corrected chi connectivity index (χ2v) is 12.9. The van der Waals surface area contributed by atoms with E-state index >= 15 is 0 Å². The summed E-state index contributed by atoms with van der Waals surface area (Å²) in [4.78, 5) is 12.1. The van der Waals surface area contributed by atoms with Gasteiger partial charge in [-0.25, -0.2) is 18.8 Å². The van der Waals surface area contributed by atoms with E-state index < -0.39 is 5.82 Å². The zero-order valence-electron chi connectivity index (χ0n) is 27.8. The second kappa shape index (κ2) is 15.0. The van der Waals surface area contributed by atoms with Gasteiger partial charge in [0.2, 0.25) is 5.90 Å². The summed E-state index contributed by atoms with van der Waals surface area (Å²) >= 11 is 5.88. The summed E-state index contributed by atoms with van der Waals surface area (Å²) in [7, 11) is 0. The van der Waals surface area contributed by atoms with Crippen LogP contribution in [0.15, 0.2) is 95.8 Å². The molecule has 0 amide bonds. The Kier molecular flexibility index (Phi) is 10.1. The van der Waals surface area contributed by atoms with E-state index in [0.717, 1.165) is 78.2 Å². The molecule has 0 aliphatic carbocycles. The van der Waals surface area contributed by atoms with E-state index in [1.165, 1.54) is 18.2 Å². The first-order chi connectivity index (χ1) is 24.4. The maximum absolute atomic E-state index is 14.5. The number of fused-ring (bicyclic) bond motifs is 2. The number of aromatic amines is 1. The number of aliphatic imine (C=N–C) groups is 1. The van der Waals surface area contributed by atoms with Crippen molar-refractivity contribution >= 4 is 45.1 Å². The summed E-state index contributed by atoms with van der Waals surface area (Å²) in [5, 5.41) is 11.1. The minimum absolute atomic E-state index is 0.0187. The van der Waals surface area contributed by atoms with Gasteiger partial charge in [-0.2, -0.15) is 5.10 Å². The van der Waals surface area contributed by atoms with Crippen molar-refractivity contribution in [2.24, 2.45) is 4.99 Å². The summed E-state index contributed by atoms with van der Waals surface area (Å²) in [6.45, 7) is 10.1. The van der Waals surface area contributed by atoms with Gasteiger partial charge >= 0.3 is 0 Å². The molecule has 1 fully saturated rings. The van der Waals surface area contributed by atoms with Gasteiger partial charge in [0, 0.05) is 47.9 Å². The van der Waals surface area contributed by atoms with E-state index in [4.69, 9.17) is 31.1 Å². The Balaban J connectivity index is 1.04. The van der Waals surface area contributed by atoms with Crippen LogP contribution in [-0.4, -0.2) is 56.3 Å².